The number of ether oxygens (including phenoxy) is 2. The fourth-order valence-corrected chi connectivity index (χ4v) is 3.71. The third-order valence-corrected chi connectivity index (χ3v) is 6.21. The van der Waals surface area contributed by atoms with Crippen LogP contribution in [0.1, 0.15) is 22.3 Å². The minimum Gasteiger partial charge on any atom is -0.507 e. The summed E-state index contributed by atoms with van der Waals surface area (Å²) in [6.07, 6.45) is 0. The number of para-hydroxylation sites is 4. The van der Waals surface area contributed by atoms with Gasteiger partial charge in [-0.05, 0) is 74.2 Å². The van der Waals surface area contributed by atoms with Crippen LogP contribution in [-0.4, -0.2) is 17.4 Å². The van der Waals surface area contributed by atoms with Crippen LogP contribution in [0.2, 0.25) is 0 Å². The molecule has 234 valence electrons. The second-order valence-electron chi connectivity index (χ2n) is 9.61. The van der Waals surface area contributed by atoms with Crippen molar-refractivity contribution in [3.63, 3.8) is 0 Å². The first-order valence-electron chi connectivity index (χ1n) is 13.5. The zero-order valence-electron chi connectivity index (χ0n) is 24.8. The Morgan fingerprint density at radius 1 is 0.422 bits per heavy atom. The topological polar surface area (TPSA) is 68.2 Å². The summed E-state index contributed by atoms with van der Waals surface area (Å²) in [6, 6.07) is 32.2. The first kappa shape index (κ1) is 34.6. The Balaban J connectivity index is 0.000000184. The molecule has 2 N–H and O–H groups in total. The van der Waals surface area contributed by atoms with E-state index in [-0.39, 0.29) is 0 Å². The number of rotatable bonds is 6. The first-order valence-corrected chi connectivity index (χ1v) is 13.5. The maximum absolute atomic E-state index is 12.7. The standard InChI is InChI=1S/2C14H14O.C6H2BF5O3/c2*1-11-7-3-5-9-13(11)15-14-10-6-4-8-12(14)2;8-1-2(9)4(11)6(15-7(13)14)5(12)3(1)10/h2*3-10H,1-2H3;13-14H. The Morgan fingerprint density at radius 2 is 0.667 bits per heavy atom. The third kappa shape index (κ3) is 9.56. The van der Waals surface area contributed by atoms with Gasteiger partial charge in [-0.15, -0.1) is 0 Å². The highest BCUT2D eigenvalue weighted by Crippen LogP contribution is 2.30. The fraction of sp³-hybridized carbons (Fsp3) is 0.118. The van der Waals surface area contributed by atoms with Crippen molar-refractivity contribution in [3.05, 3.63) is 148 Å². The average molecular weight is 624 g/mol. The highest BCUT2D eigenvalue weighted by atomic mass is 19.2. The summed E-state index contributed by atoms with van der Waals surface area (Å²) < 4.78 is 78.0. The van der Waals surface area contributed by atoms with E-state index in [1.54, 1.807) is 0 Å². The Hall–Kier alpha value is -4.87. The zero-order chi connectivity index (χ0) is 33.1. The van der Waals surface area contributed by atoms with Gasteiger partial charge >= 0.3 is 7.32 Å². The Bertz CT molecular complexity index is 1530. The van der Waals surface area contributed by atoms with Crippen LogP contribution in [0.3, 0.4) is 0 Å². The van der Waals surface area contributed by atoms with Gasteiger partial charge < -0.3 is 24.2 Å². The molecule has 0 saturated heterocycles. The number of aryl methyl sites for hydroxylation is 4. The smallest absolute Gasteiger partial charge is 0.507 e. The first-order chi connectivity index (χ1) is 21.4. The maximum Gasteiger partial charge on any atom is 0.707 e. The van der Waals surface area contributed by atoms with E-state index in [2.05, 4.69) is 4.65 Å². The van der Waals surface area contributed by atoms with Crippen molar-refractivity contribution in [1.82, 2.24) is 0 Å². The lowest BCUT2D eigenvalue weighted by Crippen LogP contribution is -2.23. The molecule has 45 heavy (non-hydrogen) atoms. The molecule has 0 atom stereocenters. The average Bonchev–Trinajstić information content (AvgIpc) is 3.02. The van der Waals surface area contributed by atoms with Crippen LogP contribution < -0.4 is 14.1 Å². The molecule has 0 fully saturated rings. The van der Waals surface area contributed by atoms with Crippen molar-refractivity contribution in [2.24, 2.45) is 0 Å². The molecule has 5 aromatic rings. The largest absolute Gasteiger partial charge is 0.707 e. The van der Waals surface area contributed by atoms with Gasteiger partial charge in [-0.2, -0.15) is 8.78 Å². The van der Waals surface area contributed by atoms with E-state index in [0.29, 0.717) is 0 Å². The second kappa shape index (κ2) is 16.3. The Kier molecular flexibility index (Phi) is 12.5. The van der Waals surface area contributed by atoms with E-state index >= 15 is 0 Å². The van der Waals surface area contributed by atoms with Crippen LogP contribution in [0.4, 0.5) is 22.0 Å². The van der Waals surface area contributed by atoms with Crippen molar-refractivity contribution >= 4 is 7.32 Å². The highest BCUT2D eigenvalue weighted by Gasteiger charge is 2.29. The minimum atomic E-state index is -2.70. The van der Waals surface area contributed by atoms with Crippen molar-refractivity contribution in [1.29, 1.82) is 0 Å². The maximum atomic E-state index is 12.7. The molecule has 5 nitrogen and oxygen atoms in total. The summed E-state index contributed by atoms with van der Waals surface area (Å²) in [7, 11) is -2.70. The van der Waals surface area contributed by atoms with Crippen LogP contribution in [0.15, 0.2) is 97.1 Å². The molecular formula is C34H30BF5O5. The Morgan fingerprint density at radius 3 is 0.911 bits per heavy atom. The molecule has 0 aromatic heterocycles. The van der Waals surface area contributed by atoms with Crippen molar-refractivity contribution in [3.8, 4) is 28.7 Å². The zero-order valence-corrected chi connectivity index (χ0v) is 24.8. The number of benzene rings is 5. The lowest BCUT2D eigenvalue weighted by Gasteiger charge is -2.10. The number of hydrogen-bond acceptors (Lipinski definition) is 5. The summed E-state index contributed by atoms with van der Waals surface area (Å²) >= 11 is 0. The predicted octanol–water partition coefficient (Wildman–Crippen LogP) is 8.92. The van der Waals surface area contributed by atoms with Crippen molar-refractivity contribution in [2.45, 2.75) is 27.7 Å². The van der Waals surface area contributed by atoms with E-state index < -0.39 is 42.2 Å². The van der Waals surface area contributed by atoms with Gasteiger partial charge in [0.05, 0.1) is 0 Å². The van der Waals surface area contributed by atoms with Gasteiger partial charge in [0, 0.05) is 0 Å². The second-order valence-corrected chi connectivity index (χ2v) is 9.61. The molecule has 0 bridgehead atoms. The van der Waals surface area contributed by atoms with E-state index in [0.717, 1.165) is 45.3 Å². The number of hydrogen-bond donors (Lipinski definition) is 2. The lowest BCUT2D eigenvalue weighted by molar-refractivity contribution is 0.263. The molecule has 0 spiro atoms. The molecule has 0 amide bonds. The predicted molar refractivity (Wildman–Crippen MR) is 162 cm³/mol. The van der Waals surface area contributed by atoms with Crippen LogP contribution in [-0.2, 0) is 0 Å². The third-order valence-electron chi connectivity index (χ3n) is 6.21. The summed E-state index contributed by atoms with van der Waals surface area (Å²) in [4.78, 5) is 0. The normalized spacial score (nSPS) is 10.1. The molecule has 5 rings (SSSR count). The van der Waals surface area contributed by atoms with Gasteiger partial charge in [0.25, 0.3) is 0 Å². The van der Waals surface area contributed by atoms with Gasteiger partial charge in [-0.3, -0.25) is 0 Å². The summed E-state index contributed by atoms with van der Waals surface area (Å²) in [5, 5.41) is 16.3. The molecule has 0 unspecified atom stereocenters. The summed E-state index contributed by atoms with van der Waals surface area (Å²) in [6.45, 7) is 8.20. The molecule has 5 aromatic carbocycles. The molecule has 0 heterocycles. The monoisotopic (exact) mass is 624 g/mol. The van der Waals surface area contributed by atoms with Gasteiger partial charge in [-0.25, -0.2) is 13.2 Å². The van der Waals surface area contributed by atoms with Gasteiger partial charge in [0.2, 0.25) is 29.1 Å². The highest BCUT2D eigenvalue weighted by molar-refractivity contribution is 6.33. The minimum absolute atomic E-state index is 0.923. The van der Waals surface area contributed by atoms with Crippen LogP contribution in [0.25, 0.3) is 0 Å². The Labute approximate surface area is 258 Å². The van der Waals surface area contributed by atoms with E-state index in [4.69, 9.17) is 19.5 Å². The van der Waals surface area contributed by atoms with Crippen LogP contribution in [0, 0.1) is 56.8 Å². The van der Waals surface area contributed by atoms with Crippen molar-refractivity contribution in [2.75, 3.05) is 0 Å². The van der Waals surface area contributed by atoms with E-state index in [9.17, 15) is 22.0 Å². The molecular weight excluding hydrogens is 594 g/mol. The summed E-state index contributed by atoms with van der Waals surface area (Å²) in [5.74, 6) is -9.43. The molecule has 0 radical (unpaired) electrons. The number of halogens is 5. The van der Waals surface area contributed by atoms with E-state index in [1.807, 2.05) is 125 Å². The molecule has 0 aliphatic carbocycles. The quantitative estimate of drug-likeness (QED) is 0.0855. The molecule has 0 aliphatic rings. The van der Waals surface area contributed by atoms with Crippen LogP contribution in [0.5, 0.6) is 28.7 Å². The van der Waals surface area contributed by atoms with Gasteiger partial charge in [-0.1, -0.05) is 72.8 Å². The van der Waals surface area contributed by atoms with E-state index in [1.165, 1.54) is 0 Å². The SMILES string of the molecule is Cc1ccccc1Oc1ccccc1C.Cc1ccccc1Oc1ccccc1C.OB(O)Oc1c(F)c(F)c(F)c(F)c1F. The summed E-state index contributed by atoms with van der Waals surface area (Å²) in [5.41, 5.74) is 4.61. The molecule has 0 saturated carbocycles. The van der Waals surface area contributed by atoms with Gasteiger partial charge in [0.1, 0.15) is 23.0 Å². The fourth-order valence-electron chi connectivity index (χ4n) is 3.71. The van der Waals surface area contributed by atoms with Crippen LogP contribution >= 0.6 is 0 Å². The molecule has 0 aliphatic heterocycles. The lowest BCUT2D eigenvalue weighted by atomic mass is 10.2. The van der Waals surface area contributed by atoms with Gasteiger partial charge in [0.15, 0.2) is 5.75 Å². The molecule has 11 heteroatoms. The van der Waals surface area contributed by atoms with Crippen molar-refractivity contribution < 1.29 is 46.1 Å².